The van der Waals surface area contributed by atoms with Crippen molar-refractivity contribution < 1.29 is 17.9 Å². The number of fused-ring (bicyclic) bond motifs is 2. The number of rotatable bonds is 9. The van der Waals surface area contributed by atoms with Crippen LogP contribution in [0.25, 0.3) is 0 Å². The molecule has 4 saturated carbocycles. The van der Waals surface area contributed by atoms with Gasteiger partial charge in [0.05, 0.1) is 11.8 Å². The maximum atomic E-state index is 14.6. The van der Waals surface area contributed by atoms with Crippen molar-refractivity contribution in [2.75, 3.05) is 5.75 Å². The summed E-state index contributed by atoms with van der Waals surface area (Å²) in [7, 11) is -3.60. The van der Waals surface area contributed by atoms with Crippen LogP contribution in [0.1, 0.15) is 110 Å². The van der Waals surface area contributed by atoms with Gasteiger partial charge in [-0.3, -0.25) is 4.79 Å². The lowest BCUT2D eigenvalue weighted by atomic mass is 9.69. The molecular weight excluding hydrogens is 520 g/mol. The zero-order valence-electron chi connectivity index (χ0n) is 24.7. The molecule has 0 heterocycles. The van der Waals surface area contributed by atoms with Crippen LogP contribution in [0.5, 0.6) is 0 Å². The number of esters is 1. The smallest absolute Gasteiger partial charge is 0.326 e. The summed E-state index contributed by atoms with van der Waals surface area (Å²) in [4.78, 5) is 13.7. The summed E-state index contributed by atoms with van der Waals surface area (Å²) in [5, 5.41) is 10.1. The zero-order valence-corrected chi connectivity index (χ0v) is 25.6. The van der Waals surface area contributed by atoms with Crippen LogP contribution in [-0.2, 0) is 26.0 Å². The first-order chi connectivity index (χ1) is 19.0. The zero-order chi connectivity index (χ0) is 28.6. The van der Waals surface area contributed by atoms with E-state index in [-0.39, 0.29) is 29.7 Å². The summed E-state index contributed by atoms with van der Waals surface area (Å²) in [6.07, 6.45) is 12.7. The number of sulfonamides is 1. The van der Waals surface area contributed by atoms with Gasteiger partial charge in [-0.1, -0.05) is 82.7 Å². The minimum absolute atomic E-state index is 0.0381. The lowest BCUT2D eigenvalue weighted by molar-refractivity contribution is -0.165. The van der Waals surface area contributed by atoms with Gasteiger partial charge < -0.3 is 4.74 Å². The Hall–Kier alpha value is -1.91. The highest BCUT2D eigenvalue weighted by atomic mass is 32.2. The molecule has 0 N–H and O–H groups in total. The van der Waals surface area contributed by atoms with Crippen molar-refractivity contribution in [1.29, 1.82) is 5.26 Å². The minimum Gasteiger partial charge on any atom is -0.461 e. The summed E-state index contributed by atoms with van der Waals surface area (Å²) in [6, 6.07) is 12.0. The van der Waals surface area contributed by atoms with Crippen molar-refractivity contribution in [2.24, 2.45) is 22.2 Å². The molecule has 2 bridgehead atoms. The van der Waals surface area contributed by atoms with E-state index in [1.807, 2.05) is 34.6 Å². The summed E-state index contributed by atoms with van der Waals surface area (Å²) in [6.45, 7) is 6.03. The Morgan fingerprint density at radius 3 is 2.10 bits per heavy atom. The summed E-state index contributed by atoms with van der Waals surface area (Å²) in [5.74, 6) is -0.183. The van der Waals surface area contributed by atoms with Crippen molar-refractivity contribution >= 4 is 16.0 Å². The van der Waals surface area contributed by atoms with E-state index in [1.54, 1.807) is 6.92 Å². The average Bonchev–Trinajstić information content (AvgIpc) is 3.29. The summed E-state index contributed by atoms with van der Waals surface area (Å²) < 4.78 is 37.5. The molecule has 0 aromatic heterocycles. The van der Waals surface area contributed by atoms with Crippen molar-refractivity contribution in [1.82, 2.24) is 4.31 Å². The molecule has 4 aliphatic rings. The summed E-state index contributed by atoms with van der Waals surface area (Å²) in [5.41, 5.74) is -1.33. The van der Waals surface area contributed by atoms with Gasteiger partial charge in [0.25, 0.3) is 0 Å². The van der Waals surface area contributed by atoms with Crippen molar-refractivity contribution in [3.63, 3.8) is 0 Å². The molecule has 6 nitrogen and oxygen atoms in total. The third kappa shape index (κ3) is 5.36. The van der Waals surface area contributed by atoms with Crippen LogP contribution in [0.4, 0.5) is 0 Å². The van der Waals surface area contributed by atoms with E-state index in [0.717, 1.165) is 69.8 Å². The van der Waals surface area contributed by atoms with Gasteiger partial charge in [-0.25, -0.2) is 8.42 Å². The van der Waals surface area contributed by atoms with Crippen LogP contribution in [0, 0.1) is 33.5 Å². The highest BCUT2D eigenvalue weighted by Gasteiger charge is 2.67. The van der Waals surface area contributed by atoms with Crippen LogP contribution in [0.15, 0.2) is 30.3 Å². The average molecular weight is 569 g/mol. The van der Waals surface area contributed by atoms with Gasteiger partial charge in [0.15, 0.2) is 5.41 Å². The first-order valence-electron chi connectivity index (χ1n) is 15.7. The molecule has 0 saturated heterocycles. The van der Waals surface area contributed by atoms with Crippen LogP contribution in [0.3, 0.4) is 0 Å². The lowest BCUT2D eigenvalue weighted by Crippen LogP contribution is -2.55. The Balaban J connectivity index is 1.42. The van der Waals surface area contributed by atoms with E-state index in [1.165, 1.54) is 12.8 Å². The number of carbonyl (C=O) groups excluding carboxylic acids is 1. The van der Waals surface area contributed by atoms with E-state index in [4.69, 9.17) is 4.74 Å². The normalized spacial score (nSPS) is 30.6. The molecule has 220 valence electrons. The molecule has 1 aromatic carbocycles. The minimum atomic E-state index is -3.60. The van der Waals surface area contributed by atoms with E-state index in [0.29, 0.717) is 12.3 Å². The van der Waals surface area contributed by atoms with Crippen LogP contribution in [0.2, 0.25) is 0 Å². The lowest BCUT2D eigenvalue weighted by Gasteiger charge is -2.46. The van der Waals surface area contributed by atoms with Gasteiger partial charge in [-0.2, -0.15) is 9.57 Å². The predicted molar refractivity (Wildman–Crippen MR) is 157 cm³/mol. The van der Waals surface area contributed by atoms with E-state index in [2.05, 4.69) is 19.9 Å². The van der Waals surface area contributed by atoms with Crippen LogP contribution < -0.4 is 0 Å². The Morgan fingerprint density at radius 1 is 1.00 bits per heavy atom. The standard InChI is InChI=1S/C33H48N2O4S/c1-31(2)26-19-20-33(31,29(21-26)39-30(36)32(3,23-34)22-25-13-7-4-8-14-25)24-40(37,38)35(27-15-9-5-10-16-27)28-17-11-6-12-18-28/h4,7-8,13-14,26-29H,5-6,9-12,15-22,24H2,1-3H3/t26-,29-,32+,33-/m1/s1. The number of carbonyl (C=O) groups is 1. The molecule has 0 amide bonds. The molecule has 0 spiro atoms. The first-order valence-corrected chi connectivity index (χ1v) is 17.3. The second-order valence-electron chi connectivity index (χ2n) is 14.0. The molecule has 4 fully saturated rings. The molecule has 7 heteroatoms. The molecule has 1 aromatic rings. The molecule has 0 unspecified atom stereocenters. The number of hydrogen-bond acceptors (Lipinski definition) is 5. The molecular formula is C33H48N2O4S. The fraction of sp³-hybridized carbons (Fsp3) is 0.758. The Morgan fingerprint density at radius 2 is 1.57 bits per heavy atom. The van der Waals surface area contributed by atoms with Crippen molar-refractivity contribution in [3.05, 3.63) is 35.9 Å². The number of ether oxygens (including phenoxy) is 1. The van der Waals surface area contributed by atoms with Gasteiger partial charge in [0.2, 0.25) is 10.0 Å². The van der Waals surface area contributed by atoms with Crippen molar-refractivity contribution in [2.45, 2.75) is 129 Å². The quantitative estimate of drug-likeness (QED) is 0.306. The highest BCUT2D eigenvalue weighted by molar-refractivity contribution is 7.89. The largest absolute Gasteiger partial charge is 0.461 e. The topological polar surface area (TPSA) is 87.5 Å². The van der Waals surface area contributed by atoms with E-state index < -0.39 is 32.9 Å². The Kier molecular flexibility index (Phi) is 8.43. The molecule has 5 rings (SSSR count). The molecule has 4 atom stereocenters. The van der Waals surface area contributed by atoms with Crippen molar-refractivity contribution in [3.8, 4) is 6.07 Å². The second-order valence-corrected chi connectivity index (χ2v) is 15.9. The Bertz CT molecular complexity index is 1180. The fourth-order valence-electron chi connectivity index (χ4n) is 8.75. The number of nitriles is 1. The first kappa shape index (κ1) is 29.6. The predicted octanol–water partition coefficient (Wildman–Crippen LogP) is 6.79. The molecule has 0 radical (unpaired) electrons. The third-order valence-electron chi connectivity index (χ3n) is 11.3. The third-order valence-corrected chi connectivity index (χ3v) is 13.5. The number of hydrogen-bond donors (Lipinski definition) is 0. The second kappa shape index (κ2) is 11.4. The molecule has 40 heavy (non-hydrogen) atoms. The highest BCUT2D eigenvalue weighted by Crippen LogP contribution is 2.67. The van der Waals surface area contributed by atoms with Crippen LogP contribution >= 0.6 is 0 Å². The molecule has 4 aliphatic carbocycles. The fourth-order valence-corrected chi connectivity index (χ4v) is 11.6. The number of nitrogens with zero attached hydrogens (tertiary/aromatic N) is 2. The van der Waals surface area contributed by atoms with Gasteiger partial charge in [0, 0.05) is 23.9 Å². The van der Waals surface area contributed by atoms with Crippen LogP contribution in [-0.4, -0.2) is 42.6 Å². The Labute approximate surface area is 241 Å². The van der Waals surface area contributed by atoms with Gasteiger partial charge >= 0.3 is 5.97 Å². The van der Waals surface area contributed by atoms with E-state index in [9.17, 15) is 18.5 Å². The van der Waals surface area contributed by atoms with Gasteiger partial charge in [0.1, 0.15) is 6.10 Å². The molecule has 0 aliphatic heterocycles. The summed E-state index contributed by atoms with van der Waals surface area (Å²) >= 11 is 0. The van der Waals surface area contributed by atoms with E-state index >= 15 is 0 Å². The van der Waals surface area contributed by atoms with Gasteiger partial charge in [-0.05, 0) is 68.8 Å². The SMILES string of the molecule is CC1(C)[C@@H]2CC[C@@]1(CS(=O)(=O)N(C1CCCCC1)C1CCCCC1)[C@H](OC(=O)[C@](C)(C#N)Cc1ccccc1)C2. The monoisotopic (exact) mass is 568 g/mol. The maximum Gasteiger partial charge on any atom is 0.326 e. The van der Waals surface area contributed by atoms with Gasteiger partial charge in [-0.15, -0.1) is 0 Å². The number of benzene rings is 1. The maximum absolute atomic E-state index is 14.6.